The van der Waals surface area contributed by atoms with Crippen LogP contribution in [0.3, 0.4) is 0 Å². The van der Waals surface area contributed by atoms with Gasteiger partial charge < -0.3 is 19.5 Å². The van der Waals surface area contributed by atoms with Gasteiger partial charge in [-0.05, 0) is 60.9 Å². The van der Waals surface area contributed by atoms with Gasteiger partial charge in [0.25, 0.3) is 0 Å². The molecule has 1 aromatic rings. The number of benzene rings is 1. The van der Waals surface area contributed by atoms with Gasteiger partial charge in [0.1, 0.15) is 18.5 Å². The highest BCUT2D eigenvalue weighted by Crippen LogP contribution is 2.24. The second kappa shape index (κ2) is 9.25. The maximum absolute atomic E-state index is 11.7. The van der Waals surface area contributed by atoms with Gasteiger partial charge in [-0.15, -0.1) is 0 Å². The molecule has 23 heavy (non-hydrogen) atoms. The van der Waals surface area contributed by atoms with Crippen LogP contribution in [0.15, 0.2) is 28.7 Å². The monoisotopic (exact) mass is 385 g/mol. The van der Waals surface area contributed by atoms with E-state index in [0.717, 1.165) is 36.2 Å². The third-order valence-electron chi connectivity index (χ3n) is 3.94. The normalized spacial score (nSPS) is 17.7. The van der Waals surface area contributed by atoms with Crippen molar-refractivity contribution in [2.45, 2.75) is 25.9 Å². The lowest BCUT2D eigenvalue weighted by Crippen LogP contribution is -2.42. The zero-order valence-electron chi connectivity index (χ0n) is 13.4. The molecule has 0 spiro atoms. The molecular weight excluding hydrogens is 362 g/mol. The van der Waals surface area contributed by atoms with Crippen molar-refractivity contribution in [2.24, 2.45) is 5.92 Å². The molecular formula is C17H24BrNO4. The first-order chi connectivity index (χ1) is 11.1. The summed E-state index contributed by atoms with van der Waals surface area (Å²) >= 11 is 3.42. The van der Waals surface area contributed by atoms with Crippen molar-refractivity contribution >= 4 is 21.9 Å². The lowest BCUT2D eigenvalue weighted by Gasteiger charge is -2.32. The zero-order valence-corrected chi connectivity index (χ0v) is 15.0. The summed E-state index contributed by atoms with van der Waals surface area (Å²) < 4.78 is 11.6. The third-order valence-corrected chi connectivity index (χ3v) is 4.60. The molecule has 0 bridgehead atoms. The highest BCUT2D eigenvalue weighted by atomic mass is 79.9. The molecule has 5 nitrogen and oxygen atoms in total. The number of nitrogens with zero attached hydrogens (tertiary/aromatic N) is 1. The van der Waals surface area contributed by atoms with Gasteiger partial charge in [-0.3, -0.25) is 4.79 Å². The van der Waals surface area contributed by atoms with Crippen LogP contribution < -0.4 is 4.74 Å². The Hall–Kier alpha value is -1.11. The Bertz CT molecular complexity index is 503. The van der Waals surface area contributed by atoms with Crippen LogP contribution in [0.25, 0.3) is 0 Å². The second-order valence-corrected chi connectivity index (χ2v) is 6.58. The van der Waals surface area contributed by atoms with Crippen molar-refractivity contribution in [3.8, 4) is 5.75 Å². The molecule has 128 valence electrons. The molecule has 1 fully saturated rings. The molecule has 6 heteroatoms. The SMILES string of the molecule is CCOC(=O)C1CCN(CC(O)COc2ccccc2Br)CC1. The van der Waals surface area contributed by atoms with Crippen LogP contribution >= 0.6 is 15.9 Å². The number of halogens is 1. The predicted octanol–water partition coefficient (Wildman–Crippen LogP) is 2.46. The Morgan fingerprint density at radius 2 is 2.09 bits per heavy atom. The molecule has 0 aliphatic carbocycles. The van der Waals surface area contributed by atoms with Gasteiger partial charge in [-0.2, -0.15) is 0 Å². The zero-order chi connectivity index (χ0) is 16.7. The molecule has 1 aliphatic rings. The van der Waals surface area contributed by atoms with E-state index in [4.69, 9.17) is 9.47 Å². The summed E-state index contributed by atoms with van der Waals surface area (Å²) in [5.74, 6) is 0.636. The number of likely N-dealkylation sites (tertiary alicyclic amines) is 1. The number of carbonyl (C=O) groups is 1. The standard InChI is InChI=1S/C17H24BrNO4/c1-2-22-17(21)13-7-9-19(10-8-13)11-14(20)12-23-16-6-4-3-5-15(16)18/h3-6,13-14,20H,2,7-12H2,1H3. The number of hydrogen-bond donors (Lipinski definition) is 1. The minimum absolute atomic E-state index is 0.000123. The number of aliphatic hydroxyl groups excluding tert-OH is 1. The van der Waals surface area contributed by atoms with Crippen LogP contribution in [-0.2, 0) is 9.53 Å². The van der Waals surface area contributed by atoms with E-state index in [1.54, 1.807) is 0 Å². The summed E-state index contributed by atoms with van der Waals surface area (Å²) in [5.41, 5.74) is 0. The molecule has 1 atom stereocenters. The second-order valence-electron chi connectivity index (χ2n) is 5.72. The molecule has 0 amide bonds. The largest absolute Gasteiger partial charge is 0.490 e. The van der Waals surface area contributed by atoms with E-state index in [0.29, 0.717) is 13.2 Å². The number of ether oxygens (including phenoxy) is 2. The molecule has 1 aliphatic heterocycles. The van der Waals surface area contributed by atoms with E-state index in [9.17, 15) is 9.90 Å². The number of esters is 1. The Balaban J connectivity index is 1.69. The van der Waals surface area contributed by atoms with Crippen molar-refractivity contribution in [3.05, 3.63) is 28.7 Å². The Labute approximate surface area is 145 Å². The number of para-hydroxylation sites is 1. The van der Waals surface area contributed by atoms with Crippen LogP contribution in [0.5, 0.6) is 5.75 Å². The van der Waals surface area contributed by atoms with E-state index >= 15 is 0 Å². The fourth-order valence-electron chi connectivity index (χ4n) is 2.71. The van der Waals surface area contributed by atoms with E-state index in [-0.39, 0.29) is 18.5 Å². The number of rotatable bonds is 7. The number of piperidine rings is 1. The Kier molecular flexibility index (Phi) is 7.33. The topological polar surface area (TPSA) is 59.0 Å². The average molecular weight is 386 g/mol. The number of aliphatic hydroxyl groups is 1. The lowest BCUT2D eigenvalue weighted by molar-refractivity contribution is -0.149. The van der Waals surface area contributed by atoms with E-state index < -0.39 is 6.10 Å². The average Bonchev–Trinajstić information content (AvgIpc) is 2.55. The van der Waals surface area contributed by atoms with Crippen molar-refractivity contribution in [3.63, 3.8) is 0 Å². The molecule has 0 radical (unpaired) electrons. The molecule has 1 aromatic carbocycles. The van der Waals surface area contributed by atoms with E-state index in [1.165, 1.54) is 0 Å². The summed E-state index contributed by atoms with van der Waals surface area (Å²) in [6, 6.07) is 7.58. The van der Waals surface area contributed by atoms with Gasteiger partial charge in [0.05, 0.1) is 17.0 Å². The maximum atomic E-state index is 11.7. The fraction of sp³-hybridized carbons (Fsp3) is 0.588. The van der Waals surface area contributed by atoms with Gasteiger partial charge in [0.15, 0.2) is 0 Å². The van der Waals surface area contributed by atoms with Crippen LogP contribution in [0.2, 0.25) is 0 Å². The molecule has 1 heterocycles. The van der Waals surface area contributed by atoms with E-state index in [1.807, 2.05) is 31.2 Å². The fourth-order valence-corrected chi connectivity index (χ4v) is 3.11. The smallest absolute Gasteiger partial charge is 0.309 e. The van der Waals surface area contributed by atoms with Crippen LogP contribution in [0, 0.1) is 5.92 Å². The van der Waals surface area contributed by atoms with Gasteiger partial charge in [-0.1, -0.05) is 12.1 Å². The molecule has 1 N–H and O–H groups in total. The van der Waals surface area contributed by atoms with Crippen LogP contribution in [0.4, 0.5) is 0 Å². The molecule has 1 unspecified atom stereocenters. The summed E-state index contributed by atoms with van der Waals surface area (Å²) in [6.45, 7) is 4.67. The van der Waals surface area contributed by atoms with Gasteiger partial charge in [0, 0.05) is 6.54 Å². The lowest BCUT2D eigenvalue weighted by atomic mass is 9.97. The summed E-state index contributed by atoms with van der Waals surface area (Å²) in [6.07, 6.45) is 1.02. The first-order valence-electron chi connectivity index (χ1n) is 8.04. The van der Waals surface area contributed by atoms with Gasteiger partial charge >= 0.3 is 5.97 Å². The first kappa shape index (κ1) is 18.2. The minimum Gasteiger partial charge on any atom is -0.490 e. The number of β-amino-alcohol motifs (C(OH)–C–C–N with tert-alkyl or cyclic N) is 1. The van der Waals surface area contributed by atoms with Crippen molar-refractivity contribution in [1.82, 2.24) is 4.90 Å². The van der Waals surface area contributed by atoms with Gasteiger partial charge in [0.2, 0.25) is 0 Å². The first-order valence-corrected chi connectivity index (χ1v) is 8.83. The molecule has 0 saturated carbocycles. The summed E-state index contributed by atoms with van der Waals surface area (Å²) in [7, 11) is 0. The van der Waals surface area contributed by atoms with E-state index in [2.05, 4.69) is 20.8 Å². The third kappa shape index (κ3) is 5.79. The maximum Gasteiger partial charge on any atom is 0.309 e. The minimum atomic E-state index is -0.554. The highest BCUT2D eigenvalue weighted by Gasteiger charge is 2.26. The Morgan fingerprint density at radius 3 is 2.74 bits per heavy atom. The summed E-state index contributed by atoms with van der Waals surface area (Å²) in [5, 5.41) is 10.1. The van der Waals surface area contributed by atoms with Crippen LogP contribution in [-0.4, -0.2) is 54.9 Å². The summed E-state index contributed by atoms with van der Waals surface area (Å²) in [4.78, 5) is 13.9. The van der Waals surface area contributed by atoms with Crippen molar-refractivity contribution < 1.29 is 19.4 Å². The molecule has 2 rings (SSSR count). The van der Waals surface area contributed by atoms with Crippen LogP contribution in [0.1, 0.15) is 19.8 Å². The quantitative estimate of drug-likeness (QED) is 0.730. The molecule has 1 saturated heterocycles. The highest BCUT2D eigenvalue weighted by molar-refractivity contribution is 9.10. The van der Waals surface area contributed by atoms with Gasteiger partial charge in [-0.25, -0.2) is 0 Å². The Morgan fingerprint density at radius 1 is 1.39 bits per heavy atom. The predicted molar refractivity (Wildman–Crippen MR) is 91.4 cm³/mol. The number of hydrogen-bond acceptors (Lipinski definition) is 5. The van der Waals surface area contributed by atoms with Crippen molar-refractivity contribution in [2.75, 3.05) is 32.8 Å². The van der Waals surface area contributed by atoms with Crippen molar-refractivity contribution in [1.29, 1.82) is 0 Å². The molecule has 0 aromatic heterocycles. The number of carbonyl (C=O) groups excluding carboxylic acids is 1.